The molecule has 4 amide bonds. The van der Waals surface area contributed by atoms with Crippen molar-refractivity contribution in [2.24, 2.45) is 28.6 Å². The normalized spacial score (nSPS) is 26.6. The number of carboxylic acids is 1. The minimum Gasteiger partial charge on any atom is -0.481 e. The Kier molecular flexibility index (Phi) is 15.9. The number of carbonyl (C=O) groups is 7. The first-order valence-corrected chi connectivity index (χ1v) is 27.2. The zero-order chi connectivity index (χ0) is 56.3. The number of aliphatic hydroxyl groups excluding tert-OH is 2. The molecule has 4 aliphatic carbocycles. The van der Waals surface area contributed by atoms with Crippen molar-refractivity contribution in [1.29, 1.82) is 0 Å². The summed E-state index contributed by atoms with van der Waals surface area (Å²) in [6, 6.07) is 19.5. The van der Waals surface area contributed by atoms with Crippen molar-refractivity contribution in [1.82, 2.24) is 36.0 Å². The summed E-state index contributed by atoms with van der Waals surface area (Å²) < 4.78 is 18.8. The zero-order valence-electron chi connectivity index (χ0n) is 43.7. The molecule has 2 aromatic heterocycles. The van der Waals surface area contributed by atoms with E-state index in [-0.39, 0.29) is 49.4 Å². The number of rotatable bonds is 19. The van der Waals surface area contributed by atoms with Crippen LogP contribution in [0.25, 0.3) is 11.4 Å². The van der Waals surface area contributed by atoms with Gasteiger partial charge in [-0.2, -0.15) is 0 Å². The number of benzene rings is 3. The standard InChI is InChI=1S/C57H59N9O13S/c1-55-20-19-39(68)23-36(55)13-16-40-41-24-45-57(44(70)27-67,56(41,2)25-43(69)49(40)55)79-52(78-45)35-11-5-31(6-12-35)21-38-29-80-53(62-38)64-54(76)77-28-33-7-14-37(15-8-33)61-51(75)42(17-18-48(73)74)63-47(72)26-58-46(71)22-32-3-9-34(10-4-32)50-65-59-30-60-66-50/h3-12,14-15,19-20,23,29-30,40-43,45,49,52,67,69H,13,16-18,21-22,24-28H2,1-2H3,(H,58,71)(H,61,75)(H,63,72)(H,73,74)(H,62,64,76)/t40-,41-,42-,43-,45+,49+,52+,55-,56-,57+/m0/s1. The molecule has 3 saturated carbocycles. The van der Waals surface area contributed by atoms with Crippen molar-refractivity contribution >= 4 is 63.5 Å². The number of allylic oxidation sites excluding steroid dienone is 4. The van der Waals surface area contributed by atoms with Gasteiger partial charge < -0.3 is 45.5 Å². The summed E-state index contributed by atoms with van der Waals surface area (Å²) in [4.78, 5) is 93.7. The number of carbonyl (C=O) groups excluding carboxylic acids is 6. The summed E-state index contributed by atoms with van der Waals surface area (Å²) >= 11 is 1.22. The Balaban J connectivity index is 0.675. The molecule has 23 heteroatoms. The van der Waals surface area contributed by atoms with Gasteiger partial charge in [0.05, 0.1) is 30.9 Å². The van der Waals surface area contributed by atoms with Crippen LogP contribution in [0.1, 0.15) is 86.6 Å². The molecule has 5 aliphatic rings. The second-order valence-electron chi connectivity index (χ2n) is 21.4. The van der Waals surface area contributed by atoms with E-state index < -0.39 is 96.1 Å². The molecular formula is C57H59N9O13S. The molecule has 416 valence electrons. The molecule has 3 heterocycles. The summed E-state index contributed by atoms with van der Waals surface area (Å²) in [5, 5.41) is 59.3. The summed E-state index contributed by atoms with van der Waals surface area (Å²) in [5.41, 5.74) is 2.78. The lowest BCUT2D eigenvalue weighted by atomic mass is 9.46. The maximum absolute atomic E-state index is 14.0. The molecule has 22 nitrogen and oxygen atoms in total. The van der Waals surface area contributed by atoms with Crippen LogP contribution in [-0.2, 0) is 62.4 Å². The Labute approximate surface area is 462 Å². The van der Waals surface area contributed by atoms with E-state index in [9.17, 15) is 48.9 Å². The highest BCUT2D eigenvalue weighted by atomic mass is 32.1. The van der Waals surface area contributed by atoms with Gasteiger partial charge in [-0.3, -0.25) is 34.1 Å². The van der Waals surface area contributed by atoms with E-state index in [0.717, 1.165) is 24.0 Å². The van der Waals surface area contributed by atoms with E-state index in [1.54, 1.807) is 60.7 Å². The van der Waals surface area contributed by atoms with Gasteiger partial charge in [0.2, 0.25) is 23.5 Å². The molecule has 0 spiro atoms. The van der Waals surface area contributed by atoms with Crippen molar-refractivity contribution in [3.63, 3.8) is 0 Å². The minimum absolute atomic E-state index is 0.0240. The highest BCUT2D eigenvalue weighted by molar-refractivity contribution is 7.13. The Bertz CT molecular complexity index is 3250. The van der Waals surface area contributed by atoms with Crippen LogP contribution in [-0.4, -0.2) is 119 Å². The maximum atomic E-state index is 14.0. The molecule has 1 saturated heterocycles. The molecule has 0 bridgehead atoms. The van der Waals surface area contributed by atoms with E-state index in [4.69, 9.17) is 14.2 Å². The number of hydrogen-bond acceptors (Lipinski definition) is 18. The minimum atomic E-state index is -1.47. The number of anilines is 2. The van der Waals surface area contributed by atoms with E-state index in [1.165, 1.54) is 17.7 Å². The van der Waals surface area contributed by atoms with Gasteiger partial charge in [-0.15, -0.1) is 31.7 Å². The van der Waals surface area contributed by atoms with Crippen LogP contribution >= 0.6 is 11.3 Å². The predicted octanol–water partition coefficient (Wildman–Crippen LogP) is 4.98. The number of nitrogens with zero attached hydrogens (tertiary/aromatic N) is 5. The molecule has 10 atom stereocenters. The van der Waals surface area contributed by atoms with Gasteiger partial charge in [0.25, 0.3) is 0 Å². The Morgan fingerprint density at radius 1 is 0.912 bits per heavy atom. The van der Waals surface area contributed by atoms with E-state index in [0.29, 0.717) is 57.4 Å². The molecule has 5 aromatic rings. The zero-order valence-corrected chi connectivity index (χ0v) is 44.5. The van der Waals surface area contributed by atoms with Crippen molar-refractivity contribution in [2.45, 2.75) is 102 Å². The monoisotopic (exact) mass is 1110 g/mol. The number of aromatic nitrogens is 5. The SMILES string of the molecule is C[C@]12C=CC(=O)C=C1CC[C@@H]1[C@@H]2[C@@H](O)C[C@@]2(C)[C@H]1C[C@H]1O[C@@H](c3ccc(Cc4csc(NC(=O)OCc5ccc(NC(=O)[C@H](CCC(=O)O)NC(=O)CNC(=O)Cc6ccc(-c7nncnn7)cc6)cc5)n4)cc3)O[C@]12C(=O)CO. The molecule has 3 aromatic carbocycles. The van der Waals surface area contributed by atoms with Crippen LogP contribution in [0, 0.1) is 28.6 Å². The first-order chi connectivity index (χ1) is 38.4. The maximum Gasteiger partial charge on any atom is 0.413 e. The number of thiazole rings is 1. The molecule has 4 fully saturated rings. The van der Waals surface area contributed by atoms with Crippen LogP contribution in [0.3, 0.4) is 0 Å². The van der Waals surface area contributed by atoms with E-state index in [1.807, 2.05) is 42.6 Å². The number of fused-ring (bicyclic) bond motifs is 7. The van der Waals surface area contributed by atoms with Crippen molar-refractivity contribution < 1.29 is 63.1 Å². The van der Waals surface area contributed by atoms with Crippen LogP contribution in [0.5, 0.6) is 0 Å². The fourth-order valence-corrected chi connectivity index (χ4v) is 13.5. The van der Waals surface area contributed by atoms with Crippen LogP contribution in [0.2, 0.25) is 0 Å². The number of carboxylic acid groups (broad SMARTS) is 1. The Hall–Kier alpha value is -7.96. The number of hydrogen-bond donors (Lipinski definition) is 7. The van der Waals surface area contributed by atoms with Crippen molar-refractivity contribution in [2.75, 3.05) is 23.8 Å². The third kappa shape index (κ3) is 11.3. The van der Waals surface area contributed by atoms with Gasteiger partial charge in [-0.25, -0.2) is 9.78 Å². The third-order valence-electron chi connectivity index (χ3n) is 16.5. The number of ketones is 2. The molecule has 0 unspecified atom stereocenters. The van der Waals surface area contributed by atoms with Crippen molar-refractivity contribution in [3.05, 3.63) is 136 Å². The largest absolute Gasteiger partial charge is 0.481 e. The molecular weight excluding hydrogens is 1050 g/mol. The highest BCUT2D eigenvalue weighted by Crippen LogP contribution is 2.70. The van der Waals surface area contributed by atoms with Crippen LogP contribution < -0.4 is 21.3 Å². The first kappa shape index (κ1) is 55.4. The predicted molar refractivity (Wildman–Crippen MR) is 286 cm³/mol. The van der Waals surface area contributed by atoms with Gasteiger partial charge in [0, 0.05) is 51.8 Å². The van der Waals surface area contributed by atoms with Gasteiger partial charge >= 0.3 is 12.1 Å². The lowest BCUT2D eigenvalue weighted by Gasteiger charge is -2.59. The van der Waals surface area contributed by atoms with Crippen LogP contribution in [0.15, 0.2) is 108 Å². The quantitative estimate of drug-likeness (QED) is 0.0573. The smallest absolute Gasteiger partial charge is 0.413 e. The molecule has 1 aliphatic heterocycles. The Morgan fingerprint density at radius 3 is 2.36 bits per heavy atom. The molecule has 10 rings (SSSR count). The number of aliphatic hydroxyl groups is 2. The van der Waals surface area contributed by atoms with Gasteiger partial charge in [0.1, 0.15) is 19.3 Å². The summed E-state index contributed by atoms with van der Waals surface area (Å²) in [5.74, 6) is -3.31. The van der Waals surface area contributed by atoms with E-state index in [2.05, 4.69) is 53.6 Å². The van der Waals surface area contributed by atoms with Crippen molar-refractivity contribution in [3.8, 4) is 11.4 Å². The molecule has 7 N–H and O–H groups in total. The topological polar surface area (TPSA) is 320 Å². The fraction of sp³-hybridized carbons (Fsp3) is 0.404. The fourth-order valence-electron chi connectivity index (χ4n) is 12.8. The second-order valence-corrected chi connectivity index (χ2v) is 22.2. The highest BCUT2D eigenvalue weighted by Gasteiger charge is 2.76. The third-order valence-corrected chi connectivity index (χ3v) is 17.3. The summed E-state index contributed by atoms with van der Waals surface area (Å²) in [6.07, 6.45) is 5.48. The number of Topliss-reactive ketones (excluding diaryl/α,β-unsaturated/α-hetero) is 1. The Morgan fingerprint density at radius 2 is 1.64 bits per heavy atom. The number of aliphatic carboxylic acids is 1. The summed E-state index contributed by atoms with van der Waals surface area (Å²) in [7, 11) is 0. The number of nitrogens with one attached hydrogen (secondary N) is 4. The van der Waals surface area contributed by atoms with Gasteiger partial charge in [-0.1, -0.05) is 86.2 Å². The molecule has 0 radical (unpaired) electrons. The lowest BCUT2D eigenvalue weighted by Crippen LogP contribution is -2.63. The van der Waals surface area contributed by atoms with E-state index >= 15 is 0 Å². The van der Waals surface area contributed by atoms with Gasteiger partial charge in [-0.05, 0) is 84.9 Å². The second kappa shape index (κ2) is 23.0. The lowest BCUT2D eigenvalue weighted by molar-refractivity contribution is -0.201. The average Bonchev–Trinajstić information content (AvgIpc) is 4.28. The number of ether oxygens (including phenoxy) is 3. The van der Waals surface area contributed by atoms with Crippen LogP contribution in [0.4, 0.5) is 15.6 Å². The first-order valence-electron chi connectivity index (χ1n) is 26.3. The van der Waals surface area contributed by atoms with Gasteiger partial charge in [0.15, 0.2) is 34.9 Å². The average molecular weight is 1110 g/mol. The number of amides is 4. The molecule has 80 heavy (non-hydrogen) atoms. The summed E-state index contributed by atoms with van der Waals surface area (Å²) in [6.45, 7) is 2.80.